The van der Waals surface area contributed by atoms with Gasteiger partial charge in [0.15, 0.2) is 11.5 Å². The van der Waals surface area contributed by atoms with Gasteiger partial charge in [-0.1, -0.05) is 6.92 Å². The van der Waals surface area contributed by atoms with E-state index in [0.717, 1.165) is 6.26 Å². The molecule has 0 aliphatic heterocycles. The van der Waals surface area contributed by atoms with Crippen LogP contribution in [0.1, 0.15) is 13.3 Å². The van der Waals surface area contributed by atoms with Crippen molar-refractivity contribution in [1.29, 1.82) is 0 Å². The van der Waals surface area contributed by atoms with Crippen LogP contribution in [0.2, 0.25) is 0 Å². The molecule has 0 bridgehead atoms. The smallest absolute Gasteiger partial charge is 0.240 e. The van der Waals surface area contributed by atoms with Crippen LogP contribution in [0.5, 0.6) is 11.5 Å². The molecule has 0 aromatic heterocycles. The lowest BCUT2D eigenvalue weighted by Crippen LogP contribution is -2.38. The molecule has 0 fully saturated rings. The molecule has 0 saturated carbocycles. The minimum absolute atomic E-state index is 0.0153. The van der Waals surface area contributed by atoms with Gasteiger partial charge in [-0.05, 0) is 18.6 Å². The molecule has 0 aliphatic carbocycles. The fourth-order valence-electron chi connectivity index (χ4n) is 2.06. The van der Waals surface area contributed by atoms with Crippen LogP contribution in [0.15, 0.2) is 23.1 Å². The molecule has 1 rings (SSSR count). The Kier molecular flexibility index (Phi) is 7.46. The highest BCUT2D eigenvalue weighted by molar-refractivity contribution is 7.89. The van der Waals surface area contributed by atoms with Crippen molar-refractivity contribution in [3.8, 4) is 11.5 Å². The quantitative estimate of drug-likeness (QED) is 0.640. The van der Waals surface area contributed by atoms with Gasteiger partial charge in [-0.3, -0.25) is 0 Å². The van der Waals surface area contributed by atoms with Gasteiger partial charge in [0.2, 0.25) is 20.0 Å². The van der Waals surface area contributed by atoms with Crippen molar-refractivity contribution in [2.45, 2.75) is 18.2 Å². The summed E-state index contributed by atoms with van der Waals surface area (Å²) < 4.78 is 61.7. The van der Waals surface area contributed by atoms with Gasteiger partial charge in [0, 0.05) is 25.7 Å². The first-order chi connectivity index (χ1) is 11.2. The number of rotatable bonds is 10. The van der Waals surface area contributed by atoms with Crippen molar-refractivity contribution in [2.24, 2.45) is 0 Å². The Morgan fingerprint density at radius 2 is 1.67 bits per heavy atom. The molecule has 0 spiro atoms. The summed E-state index contributed by atoms with van der Waals surface area (Å²) in [6.45, 7) is 2.24. The summed E-state index contributed by atoms with van der Waals surface area (Å²) in [6.07, 6.45) is 1.75. The molecule has 10 heteroatoms. The molecular weight excluding hydrogens is 356 g/mol. The predicted molar refractivity (Wildman–Crippen MR) is 91.4 cm³/mol. The summed E-state index contributed by atoms with van der Waals surface area (Å²) in [7, 11) is -4.28. The van der Waals surface area contributed by atoms with E-state index < -0.39 is 20.0 Å². The fourth-order valence-corrected chi connectivity index (χ4v) is 4.04. The van der Waals surface area contributed by atoms with E-state index in [9.17, 15) is 16.8 Å². The Morgan fingerprint density at radius 3 is 2.17 bits per heavy atom. The van der Waals surface area contributed by atoms with E-state index in [1.807, 2.05) is 6.92 Å². The van der Waals surface area contributed by atoms with E-state index in [1.165, 1.54) is 36.7 Å². The van der Waals surface area contributed by atoms with E-state index in [-0.39, 0.29) is 18.0 Å². The average molecular weight is 380 g/mol. The highest BCUT2D eigenvalue weighted by Crippen LogP contribution is 2.29. The Balaban J connectivity index is 2.83. The number of ether oxygens (including phenoxy) is 2. The van der Waals surface area contributed by atoms with Crippen LogP contribution in [0, 0.1) is 0 Å². The number of methoxy groups -OCH3 is 2. The molecule has 138 valence electrons. The monoisotopic (exact) mass is 380 g/mol. The highest BCUT2D eigenvalue weighted by Gasteiger charge is 2.19. The second-order valence-corrected chi connectivity index (χ2v) is 8.83. The van der Waals surface area contributed by atoms with Crippen LogP contribution in [0.25, 0.3) is 0 Å². The van der Waals surface area contributed by atoms with Crippen LogP contribution < -0.4 is 14.2 Å². The first-order valence-corrected chi connectivity index (χ1v) is 10.7. The maximum atomic E-state index is 12.3. The molecule has 0 radical (unpaired) electrons. The van der Waals surface area contributed by atoms with Gasteiger partial charge in [-0.25, -0.2) is 25.9 Å². The zero-order chi connectivity index (χ0) is 18.4. The number of sulfonamides is 2. The topological polar surface area (TPSA) is 102 Å². The van der Waals surface area contributed by atoms with Crippen molar-refractivity contribution in [3.05, 3.63) is 18.2 Å². The van der Waals surface area contributed by atoms with Crippen molar-refractivity contribution in [1.82, 2.24) is 9.03 Å². The van der Waals surface area contributed by atoms with E-state index in [1.54, 1.807) is 0 Å². The van der Waals surface area contributed by atoms with E-state index in [0.29, 0.717) is 24.5 Å². The Labute approximate surface area is 143 Å². The lowest BCUT2D eigenvalue weighted by molar-refractivity contribution is 0.354. The third-order valence-electron chi connectivity index (χ3n) is 3.26. The van der Waals surface area contributed by atoms with E-state index in [4.69, 9.17) is 9.47 Å². The molecule has 0 aliphatic rings. The largest absolute Gasteiger partial charge is 0.493 e. The van der Waals surface area contributed by atoms with Crippen molar-refractivity contribution < 1.29 is 26.3 Å². The minimum Gasteiger partial charge on any atom is -0.493 e. The summed E-state index contributed by atoms with van der Waals surface area (Å²) in [6, 6.07) is 4.24. The number of nitrogens with one attached hydrogen (secondary N) is 1. The number of nitrogens with zero attached hydrogens (tertiary/aromatic N) is 1. The Bertz CT molecular complexity index is 747. The maximum Gasteiger partial charge on any atom is 0.240 e. The van der Waals surface area contributed by atoms with Crippen LogP contribution >= 0.6 is 0 Å². The SMILES string of the molecule is CCCN(CCNS(=O)(=O)c1ccc(OC)c(OC)c1)S(C)(=O)=O. The van der Waals surface area contributed by atoms with Gasteiger partial charge in [0.25, 0.3) is 0 Å². The number of hydrogen-bond donors (Lipinski definition) is 1. The molecule has 0 saturated heterocycles. The molecule has 0 amide bonds. The van der Waals surface area contributed by atoms with E-state index >= 15 is 0 Å². The summed E-state index contributed by atoms with van der Waals surface area (Å²) >= 11 is 0. The third-order valence-corrected chi connectivity index (χ3v) is 6.02. The summed E-state index contributed by atoms with van der Waals surface area (Å²) in [4.78, 5) is 0.0153. The zero-order valence-corrected chi connectivity index (χ0v) is 15.9. The zero-order valence-electron chi connectivity index (χ0n) is 14.3. The predicted octanol–water partition coefficient (Wildman–Crippen LogP) is 0.654. The number of hydrogen-bond acceptors (Lipinski definition) is 6. The molecular formula is C14H24N2O6S2. The second kappa shape index (κ2) is 8.65. The maximum absolute atomic E-state index is 12.3. The molecule has 1 aromatic rings. The molecule has 0 unspecified atom stereocenters. The molecule has 0 heterocycles. The Hall–Kier alpha value is -1.36. The van der Waals surface area contributed by atoms with Gasteiger partial charge in [-0.15, -0.1) is 0 Å². The van der Waals surface area contributed by atoms with Crippen LogP contribution in [0.4, 0.5) is 0 Å². The van der Waals surface area contributed by atoms with Gasteiger partial charge in [0.1, 0.15) is 0 Å². The van der Waals surface area contributed by atoms with Crippen LogP contribution in [-0.4, -0.2) is 61.3 Å². The fraction of sp³-hybridized carbons (Fsp3) is 0.571. The summed E-state index contributed by atoms with van der Waals surface area (Å²) in [5.41, 5.74) is 0. The number of benzene rings is 1. The first-order valence-electron chi connectivity index (χ1n) is 7.32. The van der Waals surface area contributed by atoms with Crippen molar-refractivity contribution >= 4 is 20.0 Å². The van der Waals surface area contributed by atoms with Gasteiger partial charge >= 0.3 is 0 Å². The van der Waals surface area contributed by atoms with Gasteiger partial charge in [-0.2, -0.15) is 0 Å². The summed E-state index contributed by atoms with van der Waals surface area (Å²) in [5, 5.41) is 0. The van der Waals surface area contributed by atoms with Gasteiger partial charge < -0.3 is 9.47 Å². The van der Waals surface area contributed by atoms with Crippen LogP contribution in [0.3, 0.4) is 0 Å². The average Bonchev–Trinajstić information content (AvgIpc) is 2.52. The Morgan fingerprint density at radius 1 is 1.04 bits per heavy atom. The molecule has 24 heavy (non-hydrogen) atoms. The molecule has 1 aromatic carbocycles. The first kappa shape index (κ1) is 20.7. The van der Waals surface area contributed by atoms with Crippen LogP contribution in [-0.2, 0) is 20.0 Å². The second-order valence-electron chi connectivity index (χ2n) is 5.08. The molecule has 1 N–H and O–H groups in total. The van der Waals surface area contributed by atoms with E-state index in [2.05, 4.69) is 4.72 Å². The lowest BCUT2D eigenvalue weighted by atomic mass is 10.3. The van der Waals surface area contributed by atoms with Crippen molar-refractivity contribution in [3.63, 3.8) is 0 Å². The minimum atomic E-state index is -3.78. The lowest BCUT2D eigenvalue weighted by Gasteiger charge is -2.19. The molecule has 8 nitrogen and oxygen atoms in total. The van der Waals surface area contributed by atoms with Gasteiger partial charge in [0.05, 0.1) is 25.4 Å². The summed E-state index contributed by atoms with van der Waals surface area (Å²) in [5.74, 6) is 0.715. The third kappa shape index (κ3) is 5.62. The molecule has 0 atom stereocenters. The standard InChI is InChI=1S/C14H24N2O6S2/c1-5-9-16(23(4,17)18)10-8-15-24(19,20)12-6-7-13(21-2)14(11-12)22-3/h6-7,11,15H,5,8-10H2,1-4H3. The normalized spacial score (nSPS) is 12.4. The van der Waals surface area contributed by atoms with Crippen molar-refractivity contribution in [2.75, 3.05) is 40.1 Å². The highest BCUT2D eigenvalue weighted by atomic mass is 32.2.